The summed E-state index contributed by atoms with van der Waals surface area (Å²) in [5.41, 5.74) is 2.52. The Morgan fingerprint density at radius 3 is 2.88 bits per heavy atom. The van der Waals surface area contributed by atoms with Gasteiger partial charge in [-0.15, -0.1) is 0 Å². The van der Waals surface area contributed by atoms with Crippen LogP contribution in [0.1, 0.15) is 19.8 Å². The summed E-state index contributed by atoms with van der Waals surface area (Å²) in [5, 5.41) is 9.01. The number of aliphatic hydroxyl groups excluding tert-OH is 1. The van der Waals surface area contributed by atoms with Crippen LogP contribution < -0.4 is 16.2 Å². The van der Waals surface area contributed by atoms with Crippen LogP contribution in [0.25, 0.3) is 0 Å². The molecule has 0 radical (unpaired) electrons. The van der Waals surface area contributed by atoms with Crippen molar-refractivity contribution in [3.8, 4) is 0 Å². The molecule has 0 unspecified atom stereocenters. The van der Waals surface area contributed by atoms with Crippen LogP contribution in [0, 0.1) is 0 Å². The van der Waals surface area contributed by atoms with E-state index in [0.717, 1.165) is 25.2 Å². The number of rotatable bonds is 7. The molecular formula is C11H20N4O. The summed E-state index contributed by atoms with van der Waals surface area (Å²) in [6, 6.07) is 5.63. The van der Waals surface area contributed by atoms with Crippen LogP contribution in [0.5, 0.6) is 0 Å². The van der Waals surface area contributed by atoms with Gasteiger partial charge in [-0.1, -0.05) is 19.4 Å². The molecule has 1 aromatic rings. The van der Waals surface area contributed by atoms with E-state index in [1.807, 2.05) is 12.1 Å². The second-order valence-electron chi connectivity index (χ2n) is 3.59. The third kappa shape index (κ3) is 3.67. The number of nitrogens with zero attached hydrogens (tertiary/aromatic N) is 2. The predicted molar refractivity (Wildman–Crippen MR) is 66.3 cm³/mol. The number of pyridine rings is 1. The molecule has 0 atom stereocenters. The Kier molecular flexibility index (Phi) is 5.60. The van der Waals surface area contributed by atoms with E-state index in [2.05, 4.69) is 22.2 Å². The first-order valence-corrected chi connectivity index (χ1v) is 5.61. The third-order valence-corrected chi connectivity index (χ3v) is 2.36. The highest BCUT2D eigenvalue weighted by Gasteiger charge is 2.06. The first-order chi connectivity index (χ1) is 7.81. The molecule has 0 amide bonds. The Morgan fingerprint density at radius 1 is 1.44 bits per heavy atom. The maximum atomic E-state index is 9.01. The van der Waals surface area contributed by atoms with Crippen LogP contribution in [0.4, 0.5) is 11.6 Å². The average Bonchev–Trinajstić information content (AvgIpc) is 2.34. The number of nitrogens with two attached hydrogens (primary N) is 1. The molecule has 1 rings (SSSR count). The zero-order valence-corrected chi connectivity index (χ0v) is 9.69. The van der Waals surface area contributed by atoms with Gasteiger partial charge in [0.1, 0.15) is 11.6 Å². The van der Waals surface area contributed by atoms with Crippen molar-refractivity contribution in [1.82, 2.24) is 4.98 Å². The van der Waals surface area contributed by atoms with E-state index in [0.29, 0.717) is 12.4 Å². The summed E-state index contributed by atoms with van der Waals surface area (Å²) < 4.78 is 0. The highest BCUT2D eigenvalue weighted by atomic mass is 16.3. The van der Waals surface area contributed by atoms with E-state index >= 15 is 0 Å². The smallest absolute Gasteiger partial charge is 0.142 e. The molecule has 0 bridgehead atoms. The molecule has 0 saturated carbocycles. The summed E-state index contributed by atoms with van der Waals surface area (Å²) in [6.45, 7) is 3.77. The molecule has 5 heteroatoms. The van der Waals surface area contributed by atoms with Gasteiger partial charge in [-0.3, -0.25) is 0 Å². The molecule has 0 saturated heterocycles. The fraction of sp³-hybridized carbons (Fsp3) is 0.545. The number of aromatic nitrogens is 1. The van der Waals surface area contributed by atoms with Gasteiger partial charge >= 0.3 is 0 Å². The lowest BCUT2D eigenvalue weighted by Crippen LogP contribution is -2.28. The van der Waals surface area contributed by atoms with Crippen molar-refractivity contribution in [2.45, 2.75) is 19.8 Å². The van der Waals surface area contributed by atoms with E-state index in [1.165, 1.54) is 0 Å². The van der Waals surface area contributed by atoms with Crippen molar-refractivity contribution < 1.29 is 5.11 Å². The molecule has 1 heterocycles. The molecule has 0 aliphatic rings. The van der Waals surface area contributed by atoms with Crippen LogP contribution in [0.3, 0.4) is 0 Å². The van der Waals surface area contributed by atoms with Crippen molar-refractivity contribution >= 4 is 11.6 Å². The lowest BCUT2D eigenvalue weighted by atomic mass is 10.3. The summed E-state index contributed by atoms with van der Waals surface area (Å²) in [6.07, 6.45) is 2.21. The molecule has 16 heavy (non-hydrogen) atoms. The lowest BCUT2D eigenvalue weighted by molar-refractivity contribution is 0.301. The van der Waals surface area contributed by atoms with Crippen molar-refractivity contribution in [3.63, 3.8) is 0 Å². The van der Waals surface area contributed by atoms with Crippen LogP contribution >= 0.6 is 0 Å². The maximum Gasteiger partial charge on any atom is 0.142 e. The van der Waals surface area contributed by atoms with Gasteiger partial charge in [0.25, 0.3) is 0 Å². The van der Waals surface area contributed by atoms with Gasteiger partial charge in [0, 0.05) is 13.1 Å². The van der Waals surface area contributed by atoms with Crippen LogP contribution in [0.15, 0.2) is 18.2 Å². The minimum atomic E-state index is 0.131. The highest BCUT2D eigenvalue weighted by molar-refractivity contribution is 5.46. The minimum absolute atomic E-state index is 0.131. The number of unbranched alkanes of at least 4 members (excludes halogenated alkanes) is 1. The summed E-state index contributed by atoms with van der Waals surface area (Å²) in [4.78, 5) is 6.40. The molecule has 0 aromatic carbocycles. The second kappa shape index (κ2) is 7.03. The van der Waals surface area contributed by atoms with Crippen molar-refractivity contribution in [2.75, 3.05) is 30.0 Å². The largest absolute Gasteiger partial charge is 0.395 e. The SMILES string of the molecule is CCCCN(CCO)c1cccc(NN)n1. The third-order valence-electron chi connectivity index (χ3n) is 2.36. The van der Waals surface area contributed by atoms with Gasteiger partial charge in [-0.25, -0.2) is 10.8 Å². The Balaban J connectivity index is 2.73. The van der Waals surface area contributed by atoms with Crippen molar-refractivity contribution in [2.24, 2.45) is 5.84 Å². The minimum Gasteiger partial charge on any atom is -0.395 e. The highest BCUT2D eigenvalue weighted by Crippen LogP contribution is 2.14. The molecule has 0 aliphatic carbocycles. The quantitative estimate of drug-likeness (QED) is 0.475. The van der Waals surface area contributed by atoms with Crippen molar-refractivity contribution in [1.29, 1.82) is 0 Å². The Bertz CT molecular complexity index is 306. The van der Waals surface area contributed by atoms with Gasteiger partial charge in [0.05, 0.1) is 6.61 Å². The van der Waals surface area contributed by atoms with Gasteiger partial charge in [0.2, 0.25) is 0 Å². The first-order valence-electron chi connectivity index (χ1n) is 5.61. The molecule has 0 fully saturated rings. The molecule has 1 aromatic heterocycles. The van der Waals surface area contributed by atoms with Crippen LogP contribution in [-0.2, 0) is 0 Å². The Morgan fingerprint density at radius 2 is 2.25 bits per heavy atom. The molecule has 90 valence electrons. The monoisotopic (exact) mass is 224 g/mol. The average molecular weight is 224 g/mol. The number of hydrazine groups is 1. The fourth-order valence-electron chi connectivity index (χ4n) is 1.49. The second-order valence-corrected chi connectivity index (χ2v) is 3.59. The Labute approximate surface area is 96.3 Å². The van der Waals surface area contributed by atoms with E-state index in [1.54, 1.807) is 6.07 Å². The lowest BCUT2D eigenvalue weighted by Gasteiger charge is -2.22. The molecule has 0 aliphatic heterocycles. The number of hydrogen-bond donors (Lipinski definition) is 3. The van der Waals surface area contributed by atoms with E-state index in [9.17, 15) is 0 Å². The number of anilines is 2. The van der Waals surface area contributed by atoms with Crippen LogP contribution in [0.2, 0.25) is 0 Å². The van der Waals surface area contributed by atoms with Crippen molar-refractivity contribution in [3.05, 3.63) is 18.2 Å². The van der Waals surface area contributed by atoms with Gasteiger partial charge in [-0.05, 0) is 18.6 Å². The summed E-state index contributed by atoms with van der Waals surface area (Å²) >= 11 is 0. The molecule has 0 spiro atoms. The summed E-state index contributed by atoms with van der Waals surface area (Å²) in [5.74, 6) is 6.79. The molecule has 4 N–H and O–H groups in total. The van der Waals surface area contributed by atoms with Gasteiger partial charge in [-0.2, -0.15) is 0 Å². The normalized spacial score (nSPS) is 10.2. The van der Waals surface area contributed by atoms with Gasteiger partial charge < -0.3 is 15.4 Å². The molecule has 5 nitrogen and oxygen atoms in total. The van der Waals surface area contributed by atoms with E-state index < -0.39 is 0 Å². The number of aliphatic hydroxyl groups is 1. The first kappa shape index (κ1) is 12.7. The number of nitrogens with one attached hydrogen (secondary N) is 1. The summed E-state index contributed by atoms with van der Waals surface area (Å²) in [7, 11) is 0. The fourth-order valence-corrected chi connectivity index (χ4v) is 1.49. The number of hydrogen-bond acceptors (Lipinski definition) is 5. The Hall–Kier alpha value is -1.33. The topological polar surface area (TPSA) is 74.4 Å². The van der Waals surface area contributed by atoms with E-state index in [4.69, 9.17) is 10.9 Å². The zero-order valence-electron chi connectivity index (χ0n) is 9.69. The standard InChI is InChI=1S/C11H20N4O/c1-2-3-7-15(8-9-16)11-6-4-5-10(13-11)14-12/h4-6,16H,2-3,7-9,12H2,1H3,(H,13,14). The number of nitrogen functional groups attached to an aromatic ring is 1. The maximum absolute atomic E-state index is 9.01. The zero-order chi connectivity index (χ0) is 11.8. The van der Waals surface area contributed by atoms with E-state index in [-0.39, 0.29) is 6.61 Å². The van der Waals surface area contributed by atoms with Crippen LogP contribution in [-0.4, -0.2) is 29.8 Å². The predicted octanol–water partition coefficient (Wildman–Crippen LogP) is 0.966. The molecular weight excluding hydrogens is 204 g/mol. The van der Waals surface area contributed by atoms with Gasteiger partial charge in [0.15, 0.2) is 0 Å².